The first-order valence-corrected chi connectivity index (χ1v) is 9.53. The fraction of sp³-hybridized carbons (Fsp3) is 0.211. The molecule has 4 nitrogen and oxygen atoms in total. The highest BCUT2D eigenvalue weighted by Crippen LogP contribution is 2.41. The maximum absolute atomic E-state index is 13.2. The number of nitrogens with one attached hydrogen (secondary N) is 1. The summed E-state index contributed by atoms with van der Waals surface area (Å²) in [5.41, 5.74) is 1.69. The number of alkyl halides is 3. The Morgan fingerprint density at radius 2 is 2.00 bits per heavy atom. The van der Waals surface area contributed by atoms with E-state index in [-0.39, 0.29) is 10.7 Å². The van der Waals surface area contributed by atoms with Crippen LogP contribution in [-0.4, -0.2) is 23.4 Å². The smallest absolute Gasteiger partial charge is 0.416 e. The van der Waals surface area contributed by atoms with E-state index in [1.54, 1.807) is 7.11 Å². The molecule has 0 radical (unpaired) electrons. The van der Waals surface area contributed by atoms with Crippen LogP contribution in [0, 0.1) is 0 Å². The highest BCUT2D eigenvalue weighted by atomic mass is 79.9. The minimum atomic E-state index is -4.47. The molecule has 1 aliphatic rings. The van der Waals surface area contributed by atoms with E-state index in [1.807, 2.05) is 18.2 Å². The molecular formula is C19H14BrClF3N3O. The third kappa shape index (κ3) is 3.24. The Labute approximate surface area is 172 Å². The molecule has 1 aromatic heterocycles. The van der Waals surface area contributed by atoms with Gasteiger partial charge in [-0.1, -0.05) is 27.5 Å². The van der Waals surface area contributed by atoms with E-state index in [1.165, 1.54) is 10.7 Å². The van der Waals surface area contributed by atoms with Crippen LogP contribution in [0.25, 0.3) is 16.9 Å². The summed E-state index contributed by atoms with van der Waals surface area (Å²) in [6.45, 7) is 0.660. The van der Waals surface area contributed by atoms with Crippen LogP contribution in [0.3, 0.4) is 0 Å². The van der Waals surface area contributed by atoms with Gasteiger partial charge in [0.1, 0.15) is 17.3 Å². The molecule has 0 bridgehead atoms. The molecule has 1 aliphatic heterocycles. The highest BCUT2D eigenvalue weighted by Gasteiger charge is 2.32. The van der Waals surface area contributed by atoms with E-state index in [4.69, 9.17) is 16.3 Å². The topological polar surface area (TPSA) is 39.1 Å². The summed E-state index contributed by atoms with van der Waals surface area (Å²) in [6, 6.07) is 8.74. The fourth-order valence-corrected chi connectivity index (χ4v) is 3.84. The lowest BCUT2D eigenvalue weighted by Gasteiger charge is -2.12. The average molecular weight is 473 g/mol. The SMILES string of the molecule is COc1ccc(Br)cc1-c1nn(-c2cc(C(F)(F)F)ccc2Cl)c2c1CCN2. The van der Waals surface area contributed by atoms with E-state index < -0.39 is 11.7 Å². The third-order valence-electron chi connectivity index (χ3n) is 4.57. The van der Waals surface area contributed by atoms with Gasteiger partial charge in [-0.25, -0.2) is 4.68 Å². The van der Waals surface area contributed by atoms with Crippen LogP contribution < -0.4 is 10.1 Å². The van der Waals surface area contributed by atoms with Crippen LogP contribution in [-0.2, 0) is 12.6 Å². The molecule has 146 valence electrons. The first kappa shape index (κ1) is 19.1. The summed E-state index contributed by atoms with van der Waals surface area (Å²) >= 11 is 9.68. The van der Waals surface area contributed by atoms with Crippen molar-refractivity contribution in [1.29, 1.82) is 0 Å². The molecule has 0 spiro atoms. The maximum atomic E-state index is 13.2. The number of halogens is 5. The number of aromatic nitrogens is 2. The molecule has 2 heterocycles. The Morgan fingerprint density at radius 1 is 1.21 bits per heavy atom. The fourth-order valence-electron chi connectivity index (χ4n) is 3.28. The van der Waals surface area contributed by atoms with Crippen molar-refractivity contribution in [2.45, 2.75) is 12.6 Å². The number of fused-ring (bicyclic) bond motifs is 1. The second-order valence-corrected chi connectivity index (χ2v) is 7.60. The van der Waals surface area contributed by atoms with Gasteiger partial charge in [-0.05, 0) is 42.8 Å². The Hall–Kier alpha value is -2.19. The van der Waals surface area contributed by atoms with Gasteiger partial charge >= 0.3 is 6.18 Å². The highest BCUT2D eigenvalue weighted by molar-refractivity contribution is 9.10. The summed E-state index contributed by atoms with van der Waals surface area (Å²) in [5, 5.41) is 7.99. The second kappa shape index (κ2) is 7.00. The van der Waals surface area contributed by atoms with Gasteiger partial charge in [-0.2, -0.15) is 18.3 Å². The molecule has 0 aliphatic carbocycles. The minimum absolute atomic E-state index is 0.169. The summed E-state index contributed by atoms with van der Waals surface area (Å²) in [4.78, 5) is 0. The van der Waals surface area contributed by atoms with Gasteiger partial charge in [0.2, 0.25) is 0 Å². The molecule has 2 aromatic carbocycles. The molecule has 0 saturated carbocycles. The molecule has 1 N–H and O–H groups in total. The lowest BCUT2D eigenvalue weighted by atomic mass is 10.1. The molecule has 0 fully saturated rings. The van der Waals surface area contributed by atoms with E-state index in [0.717, 1.165) is 27.7 Å². The number of nitrogens with zero attached hydrogens (tertiary/aromatic N) is 2. The van der Waals surface area contributed by atoms with E-state index in [0.29, 0.717) is 30.2 Å². The largest absolute Gasteiger partial charge is 0.496 e. The Kier molecular flexibility index (Phi) is 4.79. The quantitative estimate of drug-likeness (QED) is 0.512. The number of anilines is 1. The first-order chi connectivity index (χ1) is 13.3. The van der Waals surface area contributed by atoms with Crippen molar-refractivity contribution in [3.05, 3.63) is 57.0 Å². The number of benzene rings is 2. The molecule has 0 atom stereocenters. The molecule has 9 heteroatoms. The van der Waals surface area contributed by atoms with Crippen molar-refractivity contribution < 1.29 is 17.9 Å². The van der Waals surface area contributed by atoms with E-state index in [2.05, 4.69) is 26.3 Å². The summed E-state index contributed by atoms with van der Waals surface area (Å²) in [7, 11) is 1.56. The Bertz CT molecular complexity index is 1070. The summed E-state index contributed by atoms with van der Waals surface area (Å²) < 4.78 is 47.3. The summed E-state index contributed by atoms with van der Waals surface area (Å²) in [5.74, 6) is 1.26. The molecule has 28 heavy (non-hydrogen) atoms. The molecule has 0 saturated heterocycles. The first-order valence-electron chi connectivity index (χ1n) is 8.36. The van der Waals surface area contributed by atoms with E-state index in [9.17, 15) is 13.2 Å². The monoisotopic (exact) mass is 471 g/mol. The number of ether oxygens (including phenoxy) is 1. The molecule has 3 aromatic rings. The second-order valence-electron chi connectivity index (χ2n) is 6.27. The lowest BCUT2D eigenvalue weighted by Crippen LogP contribution is -2.09. The average Bonchev–Trinajstić information content (AvgIpc) is 3.24. The van der Waals surface area contributed by atoms with Gasteiger partial charge in [-0.3, -0.25) is 0 Å². The number of rotatable bonds is 3. The van der Waals surface area contributed by atoms with Gasteiger partial charge in [0, 0.05) is 22.1 Å². The van der Waals surface area contributed by atoms with Crippen molar-refractivity contribution in [2.75, 3.05) is 19.0 Å². The zero-order chi connectivity index (χ0) is 20.1. The molecule has 0 unspecified atom stereocenters. The Morgan fingerprint density at radius 3 is 2.71 bits per heavy atom. The van der Waals surface area contributed by atoms with E-state index >= 15 is 0 Å². The van der Waals surface area contributed by atoms with Crippen LogP contribution in [0.4, 0.5) is 19.0 Å². The molecule has 0 amide bonds. The van der Waals surface area contributed by atoms with Crippen molar-refractivity contribution in [1.82, 2.24) is 9.78 Å². The third-order valence-corrected chi connectivity index (χ3v) is 5.38. The van der Waals surface area contributed by atoms with Crippen LogP contribution >= 0.6 is 27.5 Å². The van der Waals surface area contributed by atoms with Gasteiger partial charge in [0.05, 0.1) is 23.4 Å². The maximum Gasteiger partial charge on any atom is 0.416 e. The van der Waals surface area contributed by atoms with Gasteiger partial charge in [-0.15, -0.1) is 0 Å². The minimum Gasteiger partial charge on any atom is -0.496 e. The lowest BCUT2D eigenvalue weighted by molar-refractivity contribution is -0.137. The zero-order valence-electron chi connectivity index (χ0n) is 14.6. The molecular weight excluding hydrogens is 459 g/mol. The van der Waals surface area contributed by atoms with Crippen LogP contribution in [0.1, 0.15) is 11.1 Å². The van der Waals surface area contributed by atoms with Gasteiger partial charge < -0.3 is 10.1 Å². The molecule has 4 rings (SSSR count). The summed E-state index contributed by atoms with van der Waals surface area (Å²) in [6.07, 6.45) is -3.78. The van der Waals surface area contributed by atoms with Gasteiger partial charge in [0.25, 0.3) is 0 Å². The zero-order valence-corrected chi connectivity index (χ0v) is 16.9. The van der Waals surface area contributed by atoms with Crippen molar-refractivity contribution in [3.8, 4) is 22.7 Å². The normalized spacial score (nSPS) is 13.4. The van der Waals surface area contributed by atoms with Crippen LogP contribution in [0.5, 0.6) is 5.75 Å². The Balaban J connectivity index is 1.93. The van der Waals surface area contributed by atoms with Crippen LogP contribution in [0.15, 0.2) is 40.9 Å². The number of hydrogen-bond donors (Lipinski definition) is 1. The predicted molar refractivity (Wildman–Crippen MR) is 105 cm³/mol. The van der Waals surface area contributed by atoms with Crippen molar-refractivity contribution in [3.63, 3.8) is 0 Å². The number of hydrogen-bond acceptors (Lipinski definition) is 3. The van der Waals surface area contributed by atoms with Crippen molar-refractivity contribution >= 4 is 33.3 Å². The van der Waals surface area contributed by atoms with Crippen molar-refractivity contribution in [2.24, 2.45) is 0 Å². The number of methoxy groups -OCH3 is 1. The predicted octanol–water partition coefficient (Wildman–Crippen LogP) is 5.95. The standard InChI is InChI=1S/C19H14BrClF3N3O/c1-28-16-5-3-11(20)9-13(16)17-12-6-7-25-18(12)27(26-17)15-8-10(19(22,23)24)2-4-14(15)21/h2-5,8-9,25H,6-7H2,1H3. The van der Waals surface area contributed by atoms with Crippen LogP contribution in [0.2, 0.25) is 5.02 Å². The van der Waals surface area contributed by atoms with Gasteiger partial charge in [0.15, 0.2) is 0 Å².